The molecule has 5 nitrogen and oxygen atoms in total. The Morgan fingerprint density at radius 3 is 2.70 bits per heavy atom. The lowest BCUT2D eigenvalue weighted by Crippen LogP contribution is -2.26. The molecule has 0 spiro atoms. The fraction of sp³-hybridized carbons (Fsp3) is 0.571. The van der Waals surface area contributed by atoms with Crippen molar-refractivity contribution in [2.45, 2.75) is 25.6 Å². The van der Waals surface area contributed by atoms with Gasteiger partial charge in [0.2, 0.25) is 10.0 Å². The third kappa shape index (κ3) is 7.00. The molecule has 0 unspecified atom stereocenters. The summed E-state index contributed by atoms with van der Waals surface area (Å²) in [7, 11) is -1.68. The Labute approximate surface area is 121 Å². The van der Waals surface area contributed by atoms with E-state index in [2.05, 4.69) is 10.0 Å². The van der Waals surface area contributed by atoms with Gasteiger partial charge in [-0.05, 0) is 24.1 Å². The number of methoxy groups -OCH3 is 1. The second-order valence-corrected chi connectivity index (χ2v) is 6.41. The number of ether oxygens (including phenoxy) is 1. The van der Waals surface area contributed by atoms with Crippen LogP contribution in [0.25, 0.3) is 0 Å². The van der Waals surface area contributed by atoms with E-state index in [0.717, 1.165) is 24.2 Å². The number of benzene rings is 1. The smallest absolute Gasteiger partial charge is 0.215 e. The number of hydrogen-bond donors (Lipinski definition) is 2. The van der Waals surface area contributed by atoms with E-state index < -0.39 is 10.0 Å². The SMILES string of the molecule is CCNCc1cccc(CS(=O)(=O)NCCCOC)c1. The average Bonchev–Trinajstić information content (AvgIpc) is 2.41. The van der Waals surface area contributed by atoms with Crippen LogP contribution in [-0.2, 0) is 27.1 Å². The molecule has 0 radical (unpaired) electrons. The first-order valence-corrected chi connectivity index (χ1v) is 8.47. The molecule has 114 valence electrons. The first kappa shape index (κ1) is 17.1. The predicted octanol–water partition coefficient (Wildman–Crippen LogP) is 1.25. The summed E-state index contributed by atoms with van der Waals surface area (Å²) in [4.78, 5) is 0. The van der Waals surface area contributed by atoms with Crippen LogP contribution < -0.4 is 10.0 Å². The molecular weight excluding hydrogens is 276 g/mol. The van der Waals surface area contributed by atoms with Crippen LogP contribution >= 0.6 is 0 Å². The molecule has 0 saturated carbocycles. The number of hydrogen-bond acceptors (Lipinski definition) is 4. The zero-order valence-corrected chi connectivity index (χ0v) is 13.0. The maximum Gasteiger partial charge on any atom is 0.215 e. The normalized spacial score (nSPS) is 11.7. The Balaban J connectivity index is 2.53. The van der Waals surface area contributed by atoms with E-state index in [0.29, 0.717) is 19.6 Å². The lowest BCUT2D eigenvalue weighted by Gasteiger charge is -2.08. The highest BCUT2D eigenvalue weighted by molar-refractivity contribution is 7.88. The summed E-state index contributed by atoms with van der Waals surface area (Å²) in [6.07, 6.45) is 0.677. The van der Waals surface area contributed by atoms with Gasteiger partial charge in [0.05, 0.1) is 5.75 Å². The van der Waals surface area contributed by atoms with Crippen molar-refractivity contribution in [3.63, 3.8) is 0 Å². The highest BCUT2D eigenvalue weighted by Gasteiger charge is 2.11. The predicted molar refractivity (Wildman–Crippen MR) is 80.9 cm³/mol. The lowest BCUT2D eigenvalue weighted by molar-refractivity contribution is 0.196. The molecular formula is C14H24N2O3S. The van der Waals surface area contributed by atoms with Crippen LogP contribution in [0.1, 0.15) is 24.5 Å². The first-order valence-electron chi connectivity index (χ1n) is 6.82. The van der Waals surface area contributed by atoms with Crippen molar-refractivity contribution in [1.29, 1.82) is 0 Å². The van der Waals surface area contributed by atoms with E-state index in [1.165, 1.54) is 0 Å². The summed E-state index contributed by atoms with van der Waals surface area (Å²) >= 11 is 0. The molecule has 1 aromatic carbocycles. The van der Waals surface area contributed by atoms with E-state index >= 15 is 0 Å². The summed E-state index contributed by atoms with van der Waals surface area (Å²) in [6.45, 7) is 4.65. The van der Waals surface area contributed by atoms with Gasteiger partial charge in [-0.2, -0.15) is 0 Å². The Kier molecular flexibility index (Phi) is 7.76. The Hall–Kier alpha value is -0.950. The second-order valence-electron chi connectivity index (χ2n) is 4.60. The van der Waals surface area contributed by atoms with Gasteiger partial charge < -0.3 is 10.1 Å². The van der Waals surface area contributed by atoms with E-state index in [-0.39, 0.29) is 5.75 Å². The van der Waals surface area contributed by atoms with Crippen molar-refractivity contribution in [2.75, 3.05) is 26.8 Å². The Morgan fingerprint density at radius 2 is 2.00 bits per heavy atom. The summed E-state index contributed by atoms with van der Waals surface area (Å²) in [5, 5.41) is 3.22. The highest BCUT2D eigenvalue weighted by atomic mass is 32.2. The van der Waals surface area contributed by atoms with Crippen LogP contribution in [0.2, 0.25) is 0 Å². The van der Waals surface area contributed by atoms with Crippen molar-refractivity contribution in [3.8, 4) is 0 Å². The molecule has 1 aromatic rings. The number of sulfonamides is 1. The summed E-state index contributed by atoms with van der Waals surface area (Å²) in [5.74, 6) is 0.0138. The van der Waals surface area contributed by atoms with Crippen LogP contribution in [0.5, 0.6) is 0 Å². The molecule has 2 N–H and O–H groups in total. The number of nitrogens with one attached hydrogen (secondary N) is 2. The van der Waals surface area contributed by atoms with Gasteiger partial charge >= 0.3 is 0 Å². The van der Waals surface area contributed by atoms with Gasteiger partial charge in [0.25, 0.3) is 0 Å². The van der Waals surface area contributed by atoms with Gasteiger partial charge in [-0.15, -0.1) is 0 Å². The summed E-state index contributed by atoms with van der Waals surface area (Å²) in [6, 6.07) is 7.65. The molecule has 0 amide bonds. The minimum atomic E-state index is -3.28. The quantitative estimate of drug-likeness (QED) is 0.638. The van der Waals surface area contributed by atoms with Crippen LogP contribution in [0, 0.1) is 0 Å². The third-order valence-electron chi connectivity index (χ3n) is 2.77. The third-order valence-corrected chi connectivity index (χ3v) is 4.13. The monoisotopic (exact) mass is 300 g/mol. The van der Waals surface area contributed by atoms with Crippen LogP contribution in [-0.4, -0.2) is 35.2 Å². The molecule has 0 aliphatic carbocycles. The van der Waals surface area contributed by atoms with Crippen LogP contribution in [0.15, 0.2) is 24.3 Å². The lowest BCUT2D eigenvalue weighted by atomic mass is 10.1. The molecule has 0 saturated heterocycles. The minimum absolute atomic E-state index is 0.0138. The largest absolute Gasteiger partial charge is 0.385 e. The number of rotatable bonds is 10. The van der Waals surface area contributed by atoms with Gasteiger partial charge in [-0.1, -0.05) is 31.2 Å². The Morgan fingerprint density at radius 1 is 1.25 bits per heavy atom. The van der Waals surface area contributed by atoms with Crippen molar-refractivity contribution < 1.29 is 13.2 Å². The first-order chi connectivity index (χ1) is 9.57. The average molecular weight is 300 g/mol. The maximum absolute atomic E-state index is 11.9. The molecule has 20 heavy (non-hydrogen) atoms. The van der Waals surface area contributed by atoms with Crippen molar-refractivity contribution in [3.05, 3.63) is 35.4 Å². The van der Waals surface area contributed by atoms with E-state index in [4.69, 9.17) is 4.74 Å². The van der Waals surface area contributed by atoms with Gasteiger partial charge in [0, 0.05) is 26.8 Å². The van der Waals surface area contributed by atoms with Crippen molar-refractivity contribution >= 4 is 10.0 Å². The molecule has 0 aromatic heterocycles. The molecule has 0 fully saturated rings. The van der Waals surface area contributed by atoms with Gasteiger partial charge in [0.1, 0.15) is 0 Å². The highest BCUT2D eigenvalue weighted by Crippen LogP contribution is 2.08. The van der Waals surface area contributed by atoms with E-state index in [1.54, 1.807) is 7.11 Å². The topological polar surface area (TPSA) is 67.4 Å². The molecule has 0 heterocycles. The van der Waals surface area contributed by atoms with Gasteiger partial charge in [-0.25, -0.2) is 13.1 Å². The summed E-state index contributed by atoms with van der Waals surface area (Å²) < 4.78 is 31.3. The molecule has 0 bridgehead atoms. The molecule has 0 aliphatic heterocycles. The summed E-state index contributed by atoms with van der Waals surface area (Å²) in [5.41, 5.74) is 1.90. The second kappa shape index (κ2) is 9.07. The molecule has 0 aliphatic rings. The van der Waals surface area contributed by atoms with E-state index in [9.17, 15) is 8.42 Å². The zero-order valence-electron chi connectivity index (χ0n) is 12.2. The Bertz CT molecular complexity index is 489. The zero-order chi connectivity index (χ0) is 14.8. The van der Waals surface area contributed by atoms with Crippen molar-refractivity contribution in [2.24, 2.45) is 0 Å². The minimum Gasteiger partial charge on any atom is -0.385 e. The van der Waals surface area contributed by atoms with E-state index in [1.807, 2.05) is 31.2 Å². The van der Waals surface area contributed by atoms with Gasteiger partial charge in [0.15, 0.2) is 0 Å². The maximum atomic E-state index is 11.9. The fourth-order valence-electron chi connectivity index (χ4n) is 1.81. The standard InChI is InChI=1S/C14H24N2O3S/c1-3-15-11-13-6-4-7-14(10-13)12-20(17,18)16-8-5-9-19-2/h4,6-7,10,15-16H,3,5,8-9,11-12H2,1-2H3. The molecule has 6 heteroatoms. The van der Waals surface area contributed by atoms with Gasteiger partial charge in [-0.3, -0.25) is 0 Å². The van der Waals surface area contributed by atoms with Crippen molar-refractivity contribution in [1.82, 2.24) is 10.0 Å². The van der Waals surface area contributed by atoms with Crippen LogP contribution in [0.3, 0.4) is 0 Å². The fourth-order valence-corrected chi connectivity index (χ4v) is 2.99. The molecule has 1 rings (SSSR count). The van der Waals surface area contributed by atoms with Crippen LogP contribution in [0.4, 0.5) is 0 Å². The molecule has 0 atom stereocenters.